The van der Waals surface area contributed by atoms with Gasteiger partial charge in [-0.05, 0) is 25.0 Å². The van der Waals surface area contributed by atoms with Gasteiger partial charge in [-0.3, -0.25) is 9.78 Å². The summed E-state index contributed by atoms with van der Waals surface area (Å²) in [6, 6.07) is 3.81. The van der Waals surface area contributed by atoms with Gasteiger partial charge in [0.1, 0.15) is 0 Å². The predicted octanol–water partition coefficient (Wildman–Crippen LogP) is 1.98. The van der Waals surface area contributed by atoms with Crippen LogP contribution in [0.15, 0.2) is 18.3 Å². The van der Waals surface area contributed by atoms with Crippen LogP contribution in [0, 0.1) is 0 Å². The van der Waals surface area contributed by atoms with Gasteiger partial charge in [0.05, 0.1) is 18.8 Å². The van der Waals surface area contributed by atoms with Gasteiger partial charge in [0.15, 0.2) is 0 Å². The number of nitrogens with zero attached hydrogens (tertiary/aromatic N) is 2. The standard InChI is InChI=1S/C17H22N2O3/c20-16(14-3-6-18-15(11-14)13-1-2-13)19-7-10-22-17(12-19)4-8-21-9-5-17/h3,6,11,13H,1-2,4-5,7-10,12H2. The number of carbonyl (C=O) groups is 1. The lowest BCUT2D eigenvalue weighted by Crippen LogP contribution is -2.55. The van der Waals surface area contributed by atoms with Crippen LogP contribution < -0.4 is 0 Å². The molecule has 0 atom stereocenters. The molecule has 1 aliphatic carbocycles. The molecule has 118 valence electrons. The van der Waals surface area contributed by atoms with Crippen LogP contribution in [0.25, 0.3) is 0 Å². The number of aromatic nitrogens is 1. The fourth-order valence-electron chi connectivity index (χ4n) is 3.43. The minimum absolute atomic E-state index is 0.110. The number of morpholine rings is 1. The summed E-state index contributed by atoms with van der Waals surface area (Å²) in [5.74, 6) is 0.678. The van der Waals surface area contributed by atoms with E-state index in [1.807, 2.05) is 17.0 Å². The number of ether oxygens (including phenoxy) is 2. The zero-order valence-electron chi connectivity index (χ0n) is 12.8. The Morgan fingerprint density at radius 2 is 2.09 bits per heavy atom. The van der Waals surface area contributed by atoms with Gasteiger partial charge >= 0.3 is 0 Å². The highest BCUT2D eigenvalue weighted by molar-refractivity contribution is 5.94. The zero-order chi connectivity index (χ0) is 15.0. The molecule has 0 N–H and O–H groups in total. The minimum atomic E-state index is -0.196. The molecule has 5 nitrogen and oxygen atoms in total. The van der Waals surface area contributed by atoms with E-state index in [1.54, 1.807) is 6.20 Å². The van der Waals surface area contributed by atoms with Crippen LogP contribution >= 0.6 is 0 Å². The normalized spacial score (nSPS) is 24.5. The molecule has 1 amide bonds. The number of rotatable bonds is 2. The van der Waals surface area contributed by atoms with E-state index in [4.69, 9.17) is 9.47 Å². The maximum absolute atomic E-state index is 12.8. The Morgan fingerprint density at radius 1 is 1.27 bits per heavy atom. The molecule has 3 aliphatic rings. The quantitative estimate of drug-likeness (QED) is 0.838. The second-order valence-electron chi connectivity index (χ2n) is 6.61. The van der Waals surface area contributed by atoms with E-state index in [9.17, 15) is 4.79 Å². The summed E-state index contributed by atoms with van der Waals surface area (Å²) in [6.07, 6.45) is 5.92. The van der Waals surface area contributed by atoms with Crippen molar-refractivity contribution >= 4 is 5.91 Å². The molecular formula is C17H22N2O3. The van der Waals surface area contributed by atoms with E-state index in [-0.39, 0.29) is 11.5 Å². The third-order valence-electron chi connectivity index (χ3n) is 4.96. The Labute approximate surface area is 130 Å². The molecule has 22 heavy (non-hydrogen) atoms. The average molecular weight is 302 g/mol. The second kappa shape index (κ2) is 5.63. The van der Waals surface area contributed by atoms with E-state index >= 15 is 0 Å². The Kier molecular flexibility index (Phi) is 3.62. The lowest BCUT2D eigenvalue weighted by Gasteiger charge is -2.44. The van der Waals surface area contributed by atoms with Gasteiger partial charge in [-0.25, -0.2) is 0 Å². The highest BCUT2D eigenvalue weighted by atomic mass is 16.5. The van der Waals surface area contributed by atoms with Crippen LogP contribution in [0.1, 0.15) is 47.7 Å². The molecule has 0 bridgehead atoms. The molecule has 1 saturated carbocycles. The lowest BCUT2D eigenvalue weighted by molar-refractivity contribution is -0.146. The molecule has 3 heterocycles. The Balaban J connectivity index is 1.50. The molecule has 0 aromatic carbocycles. The highest BCUT2D eigenvalue weighted by Crippen LogP contribution is 2.39. The summed E-state index contributed by atoms with van der Waals surface area (Å²) in [5, 5.41) is 0. The molecule has 4 rings (SSSR count). The predicted molar refractivity (Wildman–Crippen MR) is 80.9 cm³/mol. The van der Waals surface area contributed by atoms with Gasteiger partial charge in [-0.15, -0.1) is 0 Å². The van der Waals surface area contributed by atoms with Gasteiger partial charge in [0.2, 0.25) is 0 Å². The summed E-state index contributed by atoms with van der Waals surface area (Å²) in [4.78, 5) is 19.2. The Hall–Kier alpha value is -1.46. The first-order valence-electron chi connectivity index (χ1n) is 8.23. The molecule has 1 aromatic rings. The first-order chi connectivity index (χ1) is 10.8. The number of carbonyl (C=O) groups excluding carboxylic acids is 1. The van der Waals surface area contributed by atoms with Gasteiger partial charge < -0.3 is 14.4 Å². The SMILES string of the molecule is O=C(c1ccnc(C2CC2)c1)N1CCOC2(CCOCC2)C1. The fourth-order valence-corrected chi connectivity index (χ4v) is 3.43. The smallest absolute Gasteiger partial charge is 0.254 e. The van der Waals surface area contributed by atoms with Gasteiger partial charge in [0, 0.05) is 56.0 Å². The molecular weight excluding hydrogens is 280 g/mol. The number of hydrogen-bond acceptors (Lipinski definition) is 4. The summed E-state index contributed by atoms with van der Waals surface area (Å²) in [5.41, 5.74) is 1.64. The van der Waals surface area contributed by atoms with Crippen molar-refractivity contribution in [1.29, 1.82) is 0 Å². The van der Waals surface area contributed by atoms with Crippen molar-refractivity contribution in [3.8, 4) is 0 Å². The zero-order valence-corrected chi connectivity index (χ0v) is 12.8. The van der Waals surface area contributed by atoms with E-state index in [1.165, 1.54) is 12.8 Å². The summed E-state index contributed by atoms with van der Waals surface area (Å²) >= 11 is 0. The van der Waals surface area contributed by atoms with Gasteiger partial charge in [0.25, 0.3) is 5.91 Å². The molecule has 1 spiro atoms. The molecule has 2 saturated heterocycles. The van der Waals surface area contributed by atoms with E-state index < -0.39 is 0 Å². The maximum Gasteiger partial charge on any atom is 0.254 e. The van der Waals surface area contributed by atoms with Crippen molar-refractivity contribution in [3.63, 3.8) is 0 Å². The van der Waals surface area contributed by atoms with Crippen molar-refractivity contribution in [1.82, 2.24) is 9.88 Å². The van der Waals surface area contributed by atoms with E-state index in [0.29, 0.717) is 25.6 Å². The average Bonchev–Trinajstić information content (AvgIpc) is 3.40. The topological polar surface area (TPSA) is 51.7 Å². The van der Waals surface area contributed by atoms with Crippen LogP contribution in [0.5, 0.6) is 0 Å². The molecule has 0 unspecified atom stereocenters. The van der Waals surface area contributed by atoms with E-state index in [2.05, 4.69) is 4.98 Å². The largest absolute Gasteiger partial charge is 0.381 e. The summed E-state index contributed by atoms with van der Waals surface area (Å²) < 4.78 is 11.4. The monoisotopic (exact) mass is 302 g/mol. The molecule has 0 radical (unpaired) electrons. The van der Waals surface area contributed by atoms with E-state index in [0.717, 1.165) is 37.3 Å². The number of pyridine rings is 1. The fraction of sp³-hybridized carbons (Fsp3) is 0.647. The van der Waals surface area contributed by atoms with Gasteiger partial charge in [-0.1, -0.05) is 0 Å². The second-order valence-corrected chi connectivity index (χ2v) is 6.61. The van der Waals surface area contributed by atoms with Crippen LogP contribution in [0.3, 0.4) is 0 Å². The van der Waals surface area contributed by atoms with Gasteiger partial charge in [-0.2, -0.15) is 0 Å². The summed E-state index contributed by atoms with van der Waals surface area (Å²) in [6.45, 7) is 3.41. The lowest BCUT2D eigenvalue weighted by atomic mass is 9.92. The van der Waals surface area contributed by atoms with Crippen molar-refractivity contribution in [3.05, 3.63) is 29.6 Å². The molecule has 5 heteroatoms. The molecule has 1 aromatic heterocycles. The van der Waals surface area contributed by atoms with Crippen LogP contribution in [-0.2, 0) is 9.47 Å². The van der Waals surface area contributed by atoms with Crippen molar-refractivity contribution in [2.45, 2.75) is 37.2 Å². The number of hydrogen-bond donors (Lipinski definition) is 0. The Morgan fingerprint density at radius 3 is 2.86 bits per heavy atom. The Bertz CT molecular complexity index is 559. The minimum Gasteiger partial charge on any atom is -0.381 e. The number of amides is 1. The van der Waals surface area contributed by atoms with Crippen molar-refractivity contribution in [2.75, 3.05) is 32.9 Å². The maximum atomic E-state index is 12.8. The third kappa shape index (κ3) is 2.75. The molecule has 3 fully saturated rings. The first-order valence-corrected chi connectivity index (χ1v) is 8.23. The van der Waals surface area contributed by atoms with Crippen LogP contribution in [0.4, 0.5) is 0 Å². The van der Waals surface area contributed by atoms with Crippen LogP contribution in [0.2, 0.25) is 0 Å². The third-order valence-corrected chi connectivity index (χ3v) is 4.96. The highest BCUT2D eigenvalue weighted by Gasteiger charge is 2.40. The van der Waals surface area contributed by atoms with Crippen molar-refractivity contribution < 1.29 is 14.3 Å². The molecule has 2 aliphatic heterocycles. The van der Waals surface area contributed by atoms with Crippen LogP contribution in [-0.4, -0.2) is 54.3 Å². The van der Waals surface area contributed by atoms with Crippen molar-refractivity contribution in [2.24, 2.45) is 0 Å². The summed E-state index contributed by atoms with van der Waals surface area (Å²) in [7, 11) is 0. The first kappa shape index (κ1) is 14.2.